The molecule has 1 aliphatic rings. The van der Waals surface area contributed by atoms with E-state index in [2.05, 4.69) is 10.2 Å². The summed E-state index contributed by atoms with van der Waals surface area (Å²) in [5, 5.41) is 23.8. The molecule has 0 bridgehead atoms. The lowest BCUT2D eigenvalue weighted by molar-refractivity contribution is -0.384. The maximum Gasteiger partial charge on any atom is 0.292 e. The van der Waals surface area contributed by atoms with Crippen molar-refractivity contribution in [1.82, 2.24) is 0 Å². The highest BCUT2D eigenvalue weighted by Gasteiger charge is 2.26. The van der Waals surface area contributed by atoms with E-state index in [1.807, 2.05) is 24.3 Å². The summed E-state index contributed by atoms with van der Waals surface area (Å²) >= 11 is 0. The molecule has 1 heterocycles. The summed E-state index contributed by atoms with van der Waals surface area (Å²) in [6.45, 7) is 1.41. The van der Waals surface area contributed by atoms with E-state index in [0.717, 1.165) is 30.9 Å². The summed E-state index contributed by atoms with van der Waals surface area (Å²) in [6, 6.07) is 12.6. The number of nitrogens with zero attached hydrogens (tertiary/aromatic N) is 2. The molecule has 0 aliphatic carbocycles. The first-order chi connectivity index (χ1) is 12.1. The van der Waals surface area contributed by atoms with Crippen molar-refractivity contribution in [2.75, 3.05) is 30.4 Å². The van der Waals surface area contributed by atoms with Crippen LogP contribution in [0, 0.1) is 10.1 Å². The fraction of sp³-hybridized carbons (Fsp3) is 0.333. The average molecular weight is 343 g/mol. The van der Waals surface area contributed by atoms with Gasteiger partial charge in [0.1, 0.15) is 11.4 Å². The molecule has 7 nitrogen and oxygen atoms in total. The fourth-order valence-electron chi connectivity index (χ4n) is 3.16. The number of para-hydroxylation sites is 2. The molecule has 1 unspecified atom stereocenters. The Balaban J connectivity index is 1.76. The van der Waals surface area contributed by atoms with Crippen LogP contribution in [0.5, 0.6) is 5.75 Å². The quantitative estimate of drug-likeness (QED) is 0.619. The molecule has 1 saturated heterocycles. The standard InChI is InChI=1S/C18H21N3O4/c1-25-18-5-3-2-4-17(18)20-9-8-14(11-20)19-15-10-13(12-22)6-7-16(15)21(23)24/h2-7,10,14,19,22H,8-9,11-12H2,1H3. The molecule has 0 amide bonds. The second-order valence-electron chi connectivity index (χ2n) is 6.01. The van der Waals surface area contributed by atoms with E-state index in [4.69, 9.17) is 4.74 Å². The zero-order valence-electron chi connectivity index (χ0n) is 14.0. The molecule has 3 rings (SSSR count). The Kier molecular flexibility index (Phi) is 5.04. The summed E-state index contributed by atoms with van der Waals surface area (Å²) in [4.78, 5) is 13.0. The molecule has 1 fully saturated rings. The predicted molar refractivity (Wildman–Crippen MR) is 96.3 cm³/mol. The van der Waals surface area contributed by atoms with Crippen LogP contribution in [-0.2, 0) is 6.61 Å². The van der Waals surface area contributed by atoms with Gasteiger partial charge in [-0.05, 0) is 36.2 Å². The minimum Gasteiger partial charge on any atom is -0.495 e. The lowest BCUT2D eigenvalue weighted by Gasteiger charge is -2.21. The molecule has 132 valence electrons. The first-order valence-corrected chi connectivity index (χ1v) is 8.15. The number of aliphatic hydroxyl groups excluding tert-OH is 1. The molecule has 0 spiro atoms. The number of methoxy groups -OCH3 is 1. The molecule has 2 aromatic rings. The molecule has 7 heteroatoms. The largest absolute Gasteiger partial charge is 0.495 e. The van der Waals surface area contributed by atoms with Gasteiger partial charge in [-0.25, -0.2) is 0 Å². The number of hydrogen-bond donors (Lipinski definition) is 2. The molecule has 0 aromatic heterocycles. The van der Waals surface area contributed by atoms with Gasteiger partial charge in [-0.15, -0.1) is 0 Å². The van der Waals surface area contributed by atoms with Gasteiger partial charge in [0.05, 0.1) is 24.3 Å². The zero-order chi connectivity index (χ0) is 17.8. The number of benzene rings is 2. The topological polar surface area (TPSA) is 87.9 Å². The van der Waals surface area contributed by atoms with E-state index < -0.39 is 4.92 Å². The summed E-state index contributed by atoms with van der Waals surface area (Å²) in [5.41, 5.74) is 2.14. The normalized spacial score (nSPS) is 16.7. The Morgan fingerprint density at radius 1 is 1.36 bits per heavy atom. The number of ether oxygens (including phenoxy) is 1. The van der Waals surface area contributed by atoms with Crippen molar-refractivity contribution < 1.29 is 14.8 Å². The highest BCUT2D eigenvalue weighted by Crippen LogP contribution is 2.32. The van der Waals surface area contributed by atoms with Crippen molar-refractivity contribution >= 4 is 17.1 Å². The van der Waals surface area contributed by atoms with Gasteiger partial charge >= 0.3 is 0 Å². The zero-order valence-corrected chi connectivity index (χ0v) is 14.0. The Labute approximate surface area is 146 Å². The SMILES string of the molecule is COc1ccccc1N1CCC(Nc2cc(CO)ccc2[N+](=O)[O-])C1. The molecular formula is C18H21N3O4. The van der Waals surface area contributed by atoms with Gasteiger partial charge in [0.25, 0.3) is 5.69 Å². The first kappa shape index (κ1) is 17.0. The minimum atomic E-state index is -0.406. The van der Waals surface area contributed by atoms with Crippen LogP contribution in [0.3, 0.4) is 0 Å². The van der Waals surface area contributed by atoms with E-state index >= 15 is 0 Å². The Hall–Kier alpha value is -2.80. The molecule has 0 radical (unpaired) electrons. The maximum absolute atomic E-state index is 11.2. The summed E-state index contributed by atoms with van der Waals surface area (Å²) in [6.07, 6.45) is 0.860. The number of nitrogens with one attached hydrogen (secondary N) is 1. The van der Waals surface area contributed by atoms with Crippen LogP contribution in [0.4, 0.5) is 17.1 Å². The number of aliphatic hydroxyl groups is 1. The van der Waals surface area contributed by atoms with Gasteiger partial charge in [0.15, 0.2) is 0 Å². The van der Waals surface area contributed by atoms with Gasteiger partial charge in [-0.3, -0.25) is 10.1 Å². The number of nitro groups is 1. The van der Waals surface area contributed by atoms with Crippen LogP contribution in [-0.4, -0.2) is 36.3 Å². The van der Waals surface area contributed by atoms with Crippen LogP contribution in [0.25, 0.3) is 0 Å². The van der Waals surface area contributed by atoms with Crippen molar-refractivity contribution in [3.05, 3.63) is 58.1 Å². The van der Waals surface area contributed by atoms with Gasteiger partial charge in [0.2, 0.25) is 0 Å². The van der Waals surface area contributed by atoms with Crippen LogP contribution < -0.4 is 15.0 Å². The van der Waals surface area contributed by atoms with Gasteiger partial charge in [-0.2, -0.15) is 0 Å². The second-order valence-corrected chi connectivity index (χ2v) is 6.01. The molecule has 2 aromatic carbocycles. The van der Waals surface area contributed by atoms with E-state index in [1.165, 1.54) is 6.07 Å². The van der Waals surface area contributed by atoms with Crippen LogP contribution in [0.2, 0.25) is 0 Å². The van der Waals surface area contributed by atoms with Crippen LogP contribution >= 0.6 is 0 Å². The van der Waals surface area contributed by atoms with Crippen LogP contribution in [0.1, 0.15) is 12.0 Å². The second kappa shape index (κ2) is 7.40. The highest BCUT2D eigenvalue weighted by atomic mass is 16.6. The van der Waals surface area contributed by atoms with Crippen LogP contribution in [0.15, 0.2) is 42.5 Å². The van der Waals surface area contributed by atoms with Crippen molar-refractivity contribution in [3.8, 4) is 5.75 Å². The number of rotatable bonds is 6. The number of nitro benzene ring substituents is 1. The Morgan fingerprint density at radius 2 is 2.16 bits per heavy atom. The van der Waals surface area contributed by atoms with E-state index in [-0.39, 0.29) is 18.3 Å². The van der Waals surface area contributed by atoms with E-state index in [9.17, 15) is 15.2 Å². The van der Waals surface area contributed by atoms with E-state index in [0.29, 0.717) is 11.3 Å². The van der Waals surface area contributed by atoms with Gasteiger partial charge in [-0.1, -0.05) is 12.1 Å². The minimum absolute atomic E-state index is 0.0212. The fourth-order valence-corrected chi connectivity index (χ4v) is 3.16. The molecule has 1 atom stereocenters. The molecule has 1 aliphatic heterocycles. The summed E-state index contributed by atoms with van der Waals surface area (Å²) in [7, 11) is 1.65. The molecule has 2 N–H and O–H groups in total. The van der Waals surface area contributed by atoms with E-state index in [1.54, 1.807) is 19.2 Å². The van der Waals surface area contributed by atoms with Crippen molar-refractivity contribution in [2.45, 2.75) is 19.1 Å². The molecule has 0 saturated carbocycles. The first-order valence-electron chi connectivity index (χ1n) is 8.15. The third-order valence-corrected chi connectivity index (χ3v) is 4.41. The van der Waals surface area contributed by atoms with Gasteiger partial charge in [0, 0.05) is 25.2 Å². The lowest BCUT2D eigenvalue weighted by Crippen LogP contribution is -2.26. The summed E-state index contributed by atoms with van der Waals surface area (Å²) in [5.74, 6) is 0.816. The van der Waals surface area contributed by atoms with Crippen molar-refractivity contribution in [3.63, 3.8) is 0 Å². The monoisotopic (exact) mass is 343 g/mol. The summed E-state index contributed by atoms with van der Waals surface area (Å²) < 4.78 is 5.41. The Bertz CT molecular complexity index is 766. The maximum atomic E-state index is 11.2. The third-order valence-electron chi connectivity index (χ3n) is 4.41. The highest BCUT2D eigenvalue weighted by molar-refractivity contribution is 5.64. The number of hydrogen-bond acceptors (Lipinski definition) is 6. The molecular weight excluding hydrogens is 322 g/mol. The average Bonchev–Trinajstić information content (AvgIpc) is 3.09. The lowest BCUT2D eigenvalue weighted by atomic mass is 10.1. The van der Waals surface area contributed by atoms with Crippen molar-refractivity contribution in [2.24, 2.45) is 0 Å². The van der Waals surface area contributed by atoms with Crippen molar-refractivity contribution in [1.29, 1.82) is 0 Å². The Morgan fingerprint density at radius 3 is 2.88 bits per heavy atom. The predicted octanol–water partition coefficient (Wildman–Crippen LogP) is 2.79. The van der Waals surface area contributed by atoms with Gasteiger partial charge < -0.3 is 20.1 Å². The number of anilines is 2. The molecule has 25 heavy (non-hydrogen) atoms. The smallest absolute Gasteiger partial charge is 0.292 e. The third kappa shape index (κ3) is 3.66.